The minimum Gasteiger partial charge on any atom is -0.496 e. The summed E-state index contributed by atoms with van der Waals surface area (Å²) >= 11 is 0. The van der Waals surface area contributed by atoms with Gasteiger partial charge in [-0.2, -0.15) is 4.31 Å². The number of sulfonamides is 1. The summed E-state index contributed by atoms with van der Waals surface area (Å²) in [5.41, 5.74) is 0.827. The molecule has 0 radical (unpaired) electrons. The fourth-order valence-electron chi connectivity index (χ4n) is 3.19. The molecule has 0 amide bonds. The number of methoxy groups -OCH3 is 1. The van der Waals surface area contributed by atoms with Gasteiger partial charge in [0.1, 0.15) is 5.75 Å². The van der Waals surface area contributed by atoms with Crippen LogP contribution in [0, 0.1) is 12.8 Å². The summed E-state index contributed by atoms with van der Waals surface area (Å²) in [5.74, 6) is 1.19. The summed E-state index contributed by atoms with van der Waals surface area (Å²) in [5, 5.41) is 0. The predicted molar refractivity (Wildman–Crippen MR) is 91.4 cm³/mol. The number of imidazole rings is 1. The van der Waals surface area contributed by atoms with E-state index in [0.717, 1.165) is 24.9 Å². The lowest BCUT2D eigenvalue weighted by atomic mass is 9.98. The Bertz CT molecular complexity index is 779. The van der Waals surface area contributed by atoms with E-state index in [2.05, 4.69) is 9.55 Å². The fourth-order valence-corrected chi connectivity index (χ4v) is 4.74. The van der Waals surface area contributed by atoms with E-state index in [9.17, 15) is 8.42 Å². The Balaban J connectivity index is 1.67. The first-order chi connectivity index (χ1) is 11.5. The molecule has 0 unspecified atom stereocenters. The van der Waals surface area contributed by atoms with Crippen molar-refractivity contribution in [1.82, 2.24) is 13.9 Å². The summed E-state index contributed by atoms with van der Waals surface area (Å²) in [4.78, 5) is 4.39. The van der Waals surface area contributed by atoms with Crippen molar-refractivity contribution in [2.75, 3.05) is 20.2 Å². The minimum absolute atomic E-state index is 0.342. The topological polar surface area (TPSA) is 64.4 Å². The normalized spacial score (nSPS) is 17.1. The lowest BCUT2D eigenvalue weighted by molar-refractivity contribution is 0.253. The van der Waals surface area contributed by atoms with Crippen LogP contribution >= 0.6 is 0 Å². The number of hydrogen-bond acceptors (Lipinski definition) is 4. The van der Waals surface area contributed by atoms with Gasteiger partial charge >= 0.3 is 0 Å². The molecule has 1 aromatic heterocycles. The van der Waals surface area contributed by atoms with Crippen molar-refractivity contribution < 1.29 is 13.2 Å². The van der Waals surface area contributed by atoms with Crippen LogP contribution in [0.15, 0.2) is 41.8 Å². The fraction of sp³-hybridized carbons (Fsp3) is 0.471. The molecule has 1 aromatic carbocycles. The van der Waals surface area contributed by atoms with Gasteiger partial charge in [0.2, 0.25) is 10.0 Å². The van der Waals surface area contributed by atoms with E-state index in [1.165, 1.54) is 0 Å². The predicted octanol–water partition coefficient (Wildman–Crippen LogP) is 2.30. The zero-order valence-corrected chi connectivity index (χ0v) is 14.9. The molecule has 7 heteroatoms. The quantitative estimate of drug-likeness (QED) is 0.831. The van der Waals surface area contributed by atoms with Crippen LogP contribution in [0.5, 0.6) is 5.75 Å². The molecule has 0 bridgehead atoms. The number of piperidine rings is 1. The monoisotopic (exact) mass is 349 g/mol. The highest BCUT2D eigenvalue weighted by Gasteiger charge is 2.29. The van der Waals surface area contributed by atoms with Gasteiger partial charge in [-0.15, -0.1) is 0 Å². The van der Waals surface area contributed by atoms with Gasteiger partial charge < -0.3 is 9.30 Å². The zero-order valence-electron chi connectivity index (χ0n) is 14.1. The Morgan fingerprint density at radius 1 is 1.29 bits per heavy atom. The van der Waals surface area contributed by atoms with Crippen LogP contribution in [0.1, 0.15) is 18.4 Å². The van der Waals surface area contributed by atoms with E-state index < -0.39 is 10.0 Å². The van der Waals surface area contributed by atoms with Crippen molar-refractivity contribution in [2.24, 2.45) is 5.92 Å². The molecule has 0 aliphatic carbocycles. The molecule has 1 aliphatic heterocycles. The Hall–Kier alpha value is -1.86. The first-order valence-electron chi connectivity index (χ1n) is 8.11. The first kappa shape index (κ1) is 17.0. The van der Waals surface area contributed by atoms with Gasteiger partial charge in [0.05, 0.1) is 18.3 Å². The van der Waals surface area contributed by atoms with Crippen LogP contribution in [0.2, 0.25) is 0 Å². The minimum atomic E-state index is -3.44. The van der Waals surface area contributed by atoms with Gasteiger partial charge in [0.15, 0.2) is 0 Å². The smallest absolute Gasteiger partial charge is 0.243 e. The average Bonchev–Trinajstić information content (AvgIpc) is 3.08. The summed E-state index contributed by atoms with van der Waals surface area (Å²) < 4.78 is 34.5. The molecule has 2 heterocycles. The third kappa shape index (κ3) is 3.47. The van der Waals surface area contributed by atoms with Crippen LogP contribution in [0.4, 0.5) is 0 Å². The largest absolute Gasteiger partial charge is 0.496 e. The second kappa shape index (κ2) is 6.94. The lowest BCUT2D eigenvalue weighted by Gasteiger charge is -2.31. The number of rotatable bonds is 5. The van der Waals surface area contributed by atoms with E-state index in [1.807, 2.05) is 19.4 Å². The Morgan fingerprint density at radius 3 is 2.62 bits per heavy atom. The average molecular weight is 349 g/mol. The van der Waals surface area contributed by atoms with Gasteiger partial charge in [-0.1, -0.05) is 0 Å². The van der Waals surface area contributed by atoms with Gasteiger partial charge in [-0.05, 0) is 49.4 Å². The van der Waals surface area contributed by atoms with Crippen molar-refractivity contribution >= 4 is 10.0 Å². The Labute approximate surface area is 143 Å². The molecule has 6 nitrogen and oxygen atoms in total. The number of hydrogen-bond donors (Lipinski definition) is 0. The van der Waals surface area contributed by atoms with E-state index in [4.69, 9.17) is 4.74 Å². The molecule has 0 atom stereocenters. The molecule has 1 aliphatic rings. The maximum absolute atomic E-state index is 12.8. The molecule has 130 valence electrons. The van der Waals surface area contributed by atoms with Crippen LogP contribution in [0.25, 0.3) is 0 Å². The first-order valence-corrected chi connectivity index (χ1v) is 9.55. The second-order valence-electron chi connectivity index (χ2n) is 6.24. The van der Waals surface area contributed by atoms with Gasteiger partial charge in [0, 0.05) is 32.0 Å². The molecule has 0 N–H and O–H groups in total. The van der Waals surface area contributed by atoms with Crippen molar-refractivity contribution in [1.29, 1.82) is 0 Å². The maximum atomic E-state index is 12.8. The van der Waals surface area contributed by atoms with Gasteiger partial charge in [-0.3, -0.25) is 0 Å². The Kier molecular flexibility index (Phi) is 4.91. The molecule has 1 fully saturated rings. The van der Waals surface area contributed by atoms with Gasteiger partial charge in [0.25, 0.3) is 0 Å². The molecule has 0 spiro atoms. The molecule has 2 aromatic rings. The highest BCUT2D eigenvalue weighted by atomic mass is 32.2. The summed E-state index contributed by atoms with van der Waals surface area (Å²) in [6.07, 6.45) is 7.26. The van der Waals surface area contributed by atoms with E-state index in [-0.39, 0.29) is 0 Å². The van der Waals surface area contributed by atoms with E-state index in [1.54, 1.807) is 35.8 Å². The number of ether oxygens (including phenoxy) is 1. The second-order valence-corrected chi connectivity index (χ2v) is 8.18. The summed E-state index contributed by atoms with van der Waals surface area (Å²) in [7, 11) is -1.85. The van der Waals surface area contributed by atoms with Crippen LogP contribution in [-0.4, -0.2) is 42.5 Å². The number of aromatic nitrogens is 2. The molecular weight excluding hydrogens is 326 g/mol. The van der Waals surface area contributed by atoms with Crippen LogP contribution < -0.4 is 4.74 Å². The summed E-state index contributed by atoms with van der Waals surface area (Å²) in [6.45, 7) is 3.88. The van der Waals surface area contributed by atoms with Crippen molar-refractivity contribution in [3.05, 3.63) is 42.5 Å². The molecule has 24 heavy (non-hydrogen) atoms. The van der Waals surface area contributed by atoms with E-state index in [0.29, 0.717) is 29.7 Å². The lowest BCUT2D eigenvalue weighted by Crippen LogP contribution is -2.39. The van der Waals surface area contributed by atoms with Gasteiger partial charge in [-0.25, -0.2) is 13.4 Å². The highest BCUT2D eigenvalue weighted by molar-refractivity contribution is 7.89. The van der Waals surface area contributed by atoms with Crippen LogP contribution in [-0.2, 0) is 16.6 Å². The summed E-state index contributed by atoms with van der Waals surface area (Å²) in [6, 6.07) is 5.03. The number of benzene rings is 1. The third-order valence-corrected chi connectivity index (χ3v) is 6.50. The molecule has 1 saturated heterocycles. The molecule has 3 rings (SSSR count). The maximum Gasteiger partial charge on any atom is 0.243 e. The molecule has 0 saturated carbocycles. The Morgan fingerprint density at radius 2 is 2.04 bits per heavy atom. The highest BCUT2D eigenvalue weighted by Crippen LogP contribution is 2.27. The third-order valence-electron chi connectivity index (χ3n) is 4.61. The zero-order chi connectivity index (χ0) is 17.2. The van der Waals surface area contributed by atoms with Crippen LogP contribution in [0.3, 0.4) is 0 Å². The SMILES string of the molecule is COc1ccc(S(=O)(=O)N2CCC(Cn3ccnc3)CC2)cc1C. The van der Waals surface area contributed by atoms with E-state index >= 15 is 0 Å². The standard InChI is InChI=1S/C17H23N3O3S/c1-14-11-16(3-4-17(14)23-2)24(21,22)20-8-5-15(6-9-20)12-19-10-7-18-13-19/h3-4,7,10-11,13,15H,5-6,8-9,12H2,1-2H3. The number of nitrogens with zero attached hydrogens (tertiary/aromatic N) is 3. The van der Waals surface area contributed by atoms with Crippen molar-refractivity contribution in [3.63, 3.8) is 0 Å². The van der Waals surface area contributed by atoms with Crippen molar-refractivity contribution in [3.8, 4) is 5.75 Å². The molecular formula is C17H23N3O3S. The van der Waals surface area contributed by atoms with Crippen molar-refractivity contribution in [2.45, 2.75) is 31.2 Å². The number of aryl methyl sites for hydroxylation is 1.